The van der Waals surface area contributed by atoms with E-state index in [9.17, 15) is 0 Å². The third kappa shape index (κ3) is 2.80. The minimum absolute atomic E-state index is 0.623. The van der Waals surface area contributed by atoms with E-state index in [1.54, 1.807) is 0 Å². The van der Waals surface area contributed by atoms with Crippen molar-refractivity contribution < 1.29 is 0 Å². The number of imidazole rings is 1. The molecule has 0 bridgehead atoms. The molecule has 1 aliphatic heterocycles. The molecule has 116 valence electrons. The van der Waals surface area contributed by atoms with Crippen LogP contribution >= 0.6 is 0 Å². The molecule has 0 radical (unpaired) electrons. The lowest BCUT2D eigenvalue weighted by molar-refractivity contribution is 0.325. The fourth-order valence-electron chi connectivity index (χ4n) is 3.87. The molecular weight excluding hydrogens is 272 g/mol. The summed E-state index contributed by atoms with van der Waals surface area (Å²) in [5.74, 6) is 0. The van der Waals surface area contributed by atoms with Crippen LogP contribution in [0, 0.1) is 0 Å². The zero-order valence-corrected chi connectivity index (χ0v) is 13.1. The molecule has 0 aromatic carbocycles. The first-order valence-electron chi connectivity index (χ1n) is 8.57. The molecule has 0 amide bonds. The van der Waals surface area contributed by atoms with Gasteiger partial charge in [0.05, 0.1) is 12.0 Å². The number of hydrogen-bond acceptors (Lipinski definition) is 3. The fourth-order valence-corrected chi connectivity index (χ4v) is 3.87. The minimum atomic E-state index is 0.623. The first-order valence-corrected chi connectivity index (χ1v) is 8.57. The summed E-state index contributed by atoms with van der Waals surface area (Å²) in [5.41, 5.74) is 4.08. The van der Waals surface area contributed by atoms with Gasteiger partial charge in [-0.25, -0.2) is 4.98 Å². The normalized spacial score (nSPS) is 21.9. The standard InChI is InChI=1S/C18H24N4/c1-2-7-18-17(6-1)20-14-22(18)16-9-12-21(13-16)11-8-15-5-3-4-10-19-15/h3-5,10,14,16H,1-2,6-9,11-13H2. The largest absolute Gasteiger partial charge is 0.330 e. The van der Waals surface area contributed by atoms with Crippen LogP contribution < -0.4 is 0 Å². The van der Waals surface area contributed by atoms with Gasteiger partial charge in [-0.05, 0) is 44.2 Å². The summed E-state index contributed by atoms with van der Waals surface area (Å²) in [5, 5.41) is 0. The molecule has 2 aromatic rings. The number of aryl methyl sites for hydroxylation is 1. The van der Waals surface area contributed by atoms with Gasteiger partial charge < -0.3 is 9.47 Å². The monoisotopic (exact) mass is 296 g/mol. The number of pyridine rings is 1. The van der Waals surface area contributed by atoms with Crippen molar-refractivity contribution in [3.8, 4) is 0 Å². The highest BCUT2D eigenvalue weighted by Crippen LogP contribution is 2.28. The lowest BCUT2D eigenvalue weighted by Crippen LogP contribution is -2.25. The Labute approximate surface area is 132 Å². The van der Waals surface area contributed by atoms with E-state index in [1.807, 2.05) is 12.3 Å². The molecule has 3 heterocycles. The number of hydrogen-bond donors (Lipinski definition) is 0. The minimum Gasteiger partial charge on any atom is -0.330 e. The molecule has 22 heavy (non-hydrogen) atoms. The van der Waals surface area contributed by atoms with Crippen LogP contribution in [0.25, 0.3) is 0 Å². The van der Waals surface area contributed by atoms with E-state index in [0.717, 1.165) is 19.5 Å². The molecule has 1 aliphatic carbocycles. The van der Waals surface area contributed by atoms with Crippen molar-refractivity contribution in [3.05, 3.63) is 47.8 Å². The number of aromatic nitrogens is 3. The van der Waals surface area contributed by atoms with E-state index in [2.05, 4.69) is 37.9 Å². The Hall–Kier alpha value is -1.68. The lowest BCUT2D eigenvalue weighted by atomic mass is 10.0. The number of fused-ring (bicyclic) bond motifs is 1. The summed E-state index contributed by atoms with van der Waals surface area (Å²) in [7, 11) is 0. The van der Waals surface area contributed by atoms with Crippen molar-refractivity contribution in [2.45, 2.75) is 44.6 Å². The molecule has 4 rings (SSSR count). The molecular formula is C18H24N4. The van der Waals surface area contributed by atoms with E-state index in [1.165, 1.54) is 55.7 Å². The van der Waals surface area contributed by atoms with E-state index in [0.29, 0.717) is 6.04 Å². The summed E-state index contributed by atoms with van der Waals surface area (Å²) < 4.78 is 2.48. The van der Waals surface area contributed by atoms with Gasteiger partial charge >= 0.3 is 0 Å². The average molecular weight is 296 g/mol. The average Bonchev–Trinajstić information content (AvgIpc) is 3.20. The zero-order chi connectivity index (χ0) is 14.8. The van der Waals surface area contributed by atoms with Crippen molar-refractivity contribution in [3.63, 3.8) is 0 Å². The van der Waals surface area contributed by atoms with E-state index in [-0.39, 0.29) is 0 Å². The Balaban J connectivity index is 1.37. The molecule has 1 atom stereocenters. The van der Waals surface area contributed by atoms with Crippen LogP contribution in [0.5, 0.6) is 0 Å². The van der Waals surface area contributed by atoms with Gasteiger partial charge in [-0.2, -0.15) is 0 Å². The lowest BCUT2D eigenvalue weighted by Gasteiger charge is -2.20. The highest BCUT2D eigenvalue weighted by atomic mass is 15.2. The Morgan fingerprint density at radius 3 is 3.00 bits per heavy atom. The maximum atomic E-state index is 4.65. The maximum absolute atomic E-state index is 4.65. The Morgan fingerprint density at radius 2 is 2.09 bits per heavy atom. The molecule has 0 spiro atoms. The second-order valence-electron chi connectivity index (χ2n) is 6.57. The quantitative estimate of drug-likeness (QED) is 0.870. The molecule has 4 nitrogen and oxygen atoms in total. The van der Waals surface area contributed by atoms with Gasteiger partial charge in [0.1, 0.15) is 0 Å². The third-order valence-electron chi connectivity index (χ3n) is 5.11. The second-order valence-corrected chi connectivity index (χ2v) is 6.57. The first kappa shape index (κ1) is 13.9. The van der Waals surface area contributed by atoms with E-state index in [4.69, 9.17) is 0 Å². The van der Waals surface area contributed by atoms with Crippen molar-refractivity contribution >= 4 is 0 Å². The summed E-state index contributed by atoms with van der Waals surface area (Å²) >= 11 is 0. The molecule has 2 aliphatic rings. The van der Waals surface area contributed by atoms with Gasteiger partial charge in [-0.15, -0.1) is 0 Å². The highest BCUT2D eigenvalue weighted by Gasteiger charge is 2.27. The molecule has 1 saturated heterocycles. The van der Waals surface area contributed by atoms with Crippen LogP contribution in [0.1, 0.15) is 42.4 Å². The molecule has 0 saturated carbocycles. The van der Waals surface area contributed by atoms with Crippen LogP contribution in [0.2, 0.25) is 0 Å². The summed E-state index contributed by atoms with van der Waals surface area (Å²) in [6.45, 7) is 3.48. The summed E-state index contributed by atoms with van der Waals surface area (Å²) in [4.78, 5) is 11.7. The zero-order valence-electron chi connectivity index (χ0n) is 13.1. The second kappa shape index (κ2) is 6.21. The number of nitrogens with zero attached hydrogens (tertiary/aromatic N) is 4. The van der Waals surface area contributed by atoms with Crippen molar-refractivity contribution in [1.29, 1.82) is 0 Å². The van der Waals surface area contributed by atoms with Crippen LogP contribution in [-0.2, 0) is 19.3 Å². The Kier molecular flexibility index (Phi) is 3.94. The van der Waals surface area contributed by atoms with Crippen molar-refractivity contribution in [1.82, 2.24) is 19.4 Å². The van der Waals surface area contributed by atoms with Gasteiger partial charge in [0.25, 0.3) is 0 Å². The summed E-state index contributed by atoms with van der Waals surface area (Å²) in [6, 6.07) is 6.81. The van der Waals surface area contributed by atoms with Gasteiger partial charge in [0.15, 0.2) is 0 Å². The number of likely N-dealkylation sites (tertiary alicyclic amines) is 1. The fraction of sp³-hybridized carbons (Fsp3) is 0.556. The Bertz CT molecular complexity index is 619. The van der Waals surface area contributed by atoms with Crippen molar-refractivity contribution in [2.24, 2.45) is 0 Å². The van der Waals surface area contributed by atoms with Crippen LogP contribution in [0.15, 0.2) is 30.7 Å². The molecule has 4 heteroatoms. The van der Waals surface area contributed by atoms with Gasteiger partial charge in [0.2, 0.25) is 0 Å². The molecule has 2 aromatic heterocycles. The molecule has 1 unspecified atom stereocenters. The molecule has 0 N–H and O–H groups in total. The SMILES string of the molecule is c1ccc(CCN2CCC(n3cnc4c3CCCC4)C2)nc1. The maximum Gasteiger partial charge on any atom is 0.0954 e. The topological polar surface area (TPSA) is 34.0 Å². The molecule has 1 fully saturated rings. The Morgan fingerprint density at radius 1 is 1.14 bits per heavy atom. The van der Waals surface area contributed by atoms with E-state index >= 15 is 0 Å². The van der Waals surface area contributed by atoms with Crippen LogP contribution in [-0.4, -0.2) is 39.1 Å². The van der Waals surface area contributed by atoms with Crippen LogP contribution in [0.4, 0.5) is 0 Å². The first-order chi connectivity index (χ1) is 10.9. The van der Waals surface area contributed by atoms with E-state index < -0.39 is 0 Å². The predicted molar refractivity (Wildman–Crippen MR) is 86.9 cm³/mol. The van der Waals surface area contributed by atoms with Gasteiger partial charge in [0, 0.05) is 49.7 Å². The van der Waals surface area contributed by atoms with Gasteiger partial charge in [-0.1, -0.05) is 6.07 Å². The van der Waals surface area contributed by atoms with Crippen LogP contribution in [0.3, 0.4) is 0 Å². The predicted octanol–water partition coefficient (Wildman–Crippen LogP) is 2.65. The third-order valence-corrected chi connectivity index (χ3v) is 5.11. The highest BCUT2D eigenvalue weighted by molar-refractivity contribution is 5.17. The summed E-state index contributed by atoms with van der Waals surface area (Å²) in [6.07, 6.45) is 11.3. The smallest absolute Gasteiger partial charge is 0.0954 e. The number of rotatable bonds is 4. The van der Waals surface area contributed by atoms with Gasteiger partial charge in [-0.3, -0.25) is 4.98 Å². The van der Waals surface area contributed by atoms with Crippen molar-refractivity contribution in [2.75, 3.05) is 19.6 Å².